The molecule has 0 bridgehead atoms. The zero-order valence-corrected chi connectivity index (χ0v) is 14.1. The Labute approximate surface area is 144 Å². The molecule has 3 rings (SSSR count). The number of nitrogens with one attached hydrogen (secondary N) is 2. The molecule has 2 N–H and O–H groups in total. The Morgan fingerprint density at radius 3 is 2.71 bits per heavy atom. The van der Waals surface area contributed by atoms with E-state index in [0.29, 0.717) is 28.5 Å². The van der Waals surface area contributed by atoms with Gasteiger partial charge >= 0.3 is 0 Å². The Morgan fingerprint density at radius 1 is 1.21 bits per heavy atom. The molecular weight excluding hydrogens is 332 g/mol. The number of amides is 2. The number of halogens is 1. The maximum Gasteiger partial charge on any atom is 0.273 e. The van der Waals surface area contributed by atoms with Gasteiger partial charge in [0, 0.05) is 5.02 Å². The Hall–Kier alpha value is -2.47. The van der Waals surface area contributed by atoms with Crippen LogP contribution >= 0.6 is 11.6 Å². The normalized spacial score (nSPS) is 16.0. The molecule has 126 valence electrons. The van der Waals surface area contributed by atoms with Crippen LogP contribution < -0.4 is 15.6 Å². The van der Waals surface area contributed by atoms with Crippen molar-refractivity contribution in [3.8, 4) is 5.75 Å². The number of rotatable bonds is 2. The third kappa shape index (κ3) is 3.38. The number of hydrogen-bond donors (Lipinski definition) is 2. The SMILES string of the molecule is Cc1cc(C(=O)NNC(=O)[C@@H]2COc3ccc(Cl)cc3C2)c(C)o1. The standard InChI is InChI=1S/C17H17ClN2O4/c1-9-5-14(10(2)24-9)17(22)20-19-16(21)12-6-11-7-13(18)3-4-15(11)23-8-12/h3-5,7,12H,6,8H2,1-2H3,(H,19,21)(H,20,22)/t12-/m0/s1. The van der Waals surface area contributed by atoms with Crippen molar-refractivity contribution in [1.82, 2.24) is 10.9 Å². The molecule has 0 aliphatic carbocycles. The van der Waals surface area contributed by atoms with E-state index in [-0.39, 0.29) is 12.5 Å². The second-order valence-electron chi connectivity index (χ2n) is 5.73. The van der Waals surface area contributed by atoms with Crippen molar-refractivity contribution in [3.05, 3.63) is 51.9 Å². The van der Waals surface area contributed by atoms with Crippen LogP contribution in [0.4, 0.5) is 0 Å². The fraction of sp³-hybridized carbons (Fsp3) is 0.294. The predicted molar refractivity (Wildman–Crippen MR) is 87.9 cm³/mol. The number of benzene rings is 1. The zero-order valence-electron chi connectivity index (χ0n) is 13.3. The maximum absolute atomic E-state index is 12.3. The van der Waals surface area contributed by atoms with Gasteiger partial charge in [0.1, 0.15) is 23.9 Å². The van der Waals surface area contributed by atoms with Crippen LogP contribution in [-0.4, -0.2) is 18.4 Å². The van der Waals surface area contributed by atoms with Gasteiger partial charge in [-0.1, -0.05) is 11.6 Å². The molecule has 0 saturated heterocycles. The van der Waals surface area contributed by atoms with Gasteiger partial charge in [-0.15, -0.1) is 0 Å². The molecule has 2 aromatic rings. The Kier molecular flexibility index (Phi) is 4.49. The number of hydrazine groups is 1. The number of hydrogen-bond acceptors (Lipinski definition) is 4. The lowest BCUT2D eigenvalue weighted by molar-refractivity contribution is -0.127. The first-order valence-corrected chi connectivity index (χ1v) is 7.90. The predicted octanol–water partition coefficient (Wildman–Crippen LogP) is 2.56. The van der Waals surface area contributed by atoms with Gasteiger partial charge < -0.3 is 9.15 Å². The largest absolute Gasteiger partial charge is 0.492 e. The number of aryl methyl sites for hydroxylation is 2. The summed E-state index contributed by atoms with van der Waals surface area (Å²) in [6.07, 6.45) is 0.501. The van der Waals surface area contributed by atoms with Gasteiger partial charge in [-0.3, -0.25) is 20.4 Å². The molecule has 1 atom stereocenters. The molecule has 1 aliphatic rings. The minimum atomic E-state index is -0.419. The van der Waals surface area contributed by atoms with Gasteiger partial charge in [0.05, 0.1) is 11.5 Å². The Bertz CT molecular complexity index is 800. The van der Waals surface area contributed by atoms with Crippen LogP contribution in [0.5, 0.6) is 5.75 Å². The van der Waals surface area contributed by atoms with Gasteiger partial charge in [0.15, 0.2) is 0 Å². The molecule has 1 aromatic heterocycles. The van der Waals surface area contributed by atoms with E-state index in [1.54, 1.807) is 38.1 Å². The number of ether oxygens (including phenoxy) is 1. The summed E-state index contributed by atoms with van der Waals surface area (Å²) in [4.78, 5) is 24.3. The molecule has 2 amide bonds. The molecule has 2 heterocycles. The molecule has 1 aliphatic heterocycles. The van der Waals surface area contributed by atoms with Crippen molar-refractivity contribution in [3.63, 3.8) is 0 Å². The van der Waals surface area contributed by atoms with Crippen molar-refractivity contribution >= 4 is 23.4 Å². The monoisotopic (exact) mass is 348 g/mol. The number of furan rings is 1. The molecule has 1 aromatic carbocycles. The molecular formula is C17H17ClN2O4. The summed E-state index contributed by atoms with van der Waals surface area (Å²) in [5, 5.41) is 0.595. The average molecular weight is 349 g/mol. The number of carbonyl (C=O) groups is 2. The summed E-state index contributed by atoms with van der Waals surface area (Å²) in [7, 11) is 0. The van der Waals surface area contributed by atoms with E-state index in [1.807, 2.05) is 0 Å². The second-order valence-corrected chi connectivity index (χ2v) is 6.17. The van der Waals surface area contributed by atoms with E-state index in [4.69, 9.17) is 20.8 Å². The second kappa shape index (κ2) is 6.57. The molecule has 24 heavy (non-hydrogen) atoms. The summed E-state index contributed by atoms with van der Waals surface area (Å²) in [6, 6.07) is 6.94. The van der Waals surface area contributed by atoms with E-state index in [1.165, 1.54) is 0 Å². The third-order valence-electron chi connectivity index (χ3n) is 3.88. The molecule has 0 unspecified atom stereocenters. The lowest BCUT2D eigenvalue weighted by atomic mass is 9.96. The topological polar surface area (TPSA) is 80.6 Å². The summed E-state index contributed by atoms with van der Waals surface area (Å²) < 4.78 is 10.9. The van der Waals surface area contributed by atoms with Gasteiger partial charge in [-0.2, -0.15) is 0 Å². The zero-order chi connectivity index (χ0) is 17.3. The lowest BCUT2D eigenvalue weighted by Gasteiger charge is -2.24. The molecule has 0 saturated carbocycles. The fourth-order valence-electron chi connectivity index (χ4n) is 2.68. The first-order chi connectivity index (χ1) is 11.4. The third-order valence-corrected chi connectivity index (χ3v) is 4.12. The molecule has 0 fully saturated rings. The average Bonchev–Trinajstić information content (AvgIpc) is 2.90. The highest BCUT2D eigenvalue weighted by atomic mass is 35.5. The van der Waals surface area contributed by atoms with E-state index in [9.17, 15) is 9.59 Å². The summed E-state index contributed by atoms with van der Waals surface area (Å²) in [5.74, 6) is 0.743. The van der Waals surface area contributed by atoms with E-state index in [0.717, 1.165) is 11.3 Å². The lowest BCUT2D eigenvalue weighted by Crippen LogP contribution is -2.47. The highest BCUT2D eigenvalue weighted by Gasteiger charge is 2.26. The summed E-state index contributed by atoms with van der Waals surface area (Å²) in [6.45, 7) is 3.70. The first-order valence-electron chi connectivity index (χ1n) is 7.52. The van der Waals surface area contributed by atoms with Crippen molar-refractivity contribution in [1.29, 1.82) is 0 Å². The minimum absolute atomic E-state index is 0.250. The Morgan fingerprint density at radius 2 is 2.00 bits per heavy atom. The molecule has 6 nitrogen and oxygen atoms in total. The van der Waals surface area contributed by atoms with Crippen LogP contribution in [0.3, 0.4) is 0 Å². The highest BCUT2D eigenvalue weighted by molar-refractivity contribution is 6.30. The van der Waals surface area contributed by atoms with Crippen LogP contribution in [0.1, 0.15) is 27.4 Å². The number of fused-ring (bicyclic) bond motifs is 1. The van der Waals surface area contributed by atoms with Crippen LogP contribution in [0.2, 0.25) is 5.02 Å². The minimum Gasteiger partial charge on any atom is -0.492 e. The quantitative estimate of drug-likeness (QED) is 0.817. The van der Waals surface area contributed by atoms with Crippen molar-refractivity contribution in [2.45, 2.75) is 20.3 Å². The molecule has 0 radical (unpaired) electrons. The van der Waals surface area contributed by atoms with Crippen LogP contribution in [-0.2, 0) is 11.2 Å². The van der Waals surface area contributed by atoms with E-state index in [2.05, 4.69) is 10.9 Å². The molecule has 0 spiro atoms. The highest BCUT2D eigenvalue weighted by Crippen LogP contribution is 2.29. The number of carbonyl (C=O) groups excluding carboxylic acids is 2. The summed E-state index contributed by atoms with van der Waals surface area (Å²) in [5.41, 5.74) is 6.11. The van der Waals surface area contributed by atoms with Gasteiger partial charge in [-0.25, -0.2) is 0 Å². The van der Waals surface area contributed by atoms with E-state index >= 15 is 0 Å². The Balaban J connectivity index is 1.60. The fourth-order valence-corrected chi connectivity index (χ4v) is 2.87. The van der Waals surface area contributed by atoms with Gasteiger partial charge in [-0.05, 0) is 50.1 Å². The summed E-state index contributed by atoms with van der Waals surface area (Å²) >= 11 is 5.97. The van der Waals surface area contributed by atoms with Crippen molar-refractivity contribution in [2.75, 3.05) is 6.61 Å². The smallest absolute Gasteiger partial charge is 0.273 e. The van der Waals surface area contributed by atoms with Gasteiger partial charge in [0.2, 0.25) is 5.91 Å². The van der Waals surface area contributed by atoms with E-state index < -0.39 is 11.8 Å². The van der Waals surface area contributed by atoms with Crippen LogP contribution in [0.15, 0.2) is 28.7 Å². The van der Waals surface area contributed by atoms with Crippen molar-refractivity contribution < 1.29 is 18.7 Å². The maximum atomic E-state index is 12.3. The van der Waals surface area contributed by atoms with Crippen LogP contribution in [0, 0.1) is 19.8 Å². The van der Waals surface area contributed by atoms with Gasteiger partial charge in [0.25, 0.3) is 5.91 Å². The van der Waals surface area contributed by atoms with Crippen molar-refractivity contribution in [2.24, 2.45) is 5.92 Å². The van der Waals surface area contributed by atoms with Crippen LogP contribution in [0.25, 0.3) is 0 Å². The molecule has 7 heteroatoms. The first kappa shape index (κ1) is 16.4.